The second kappa shape index (κ2) is 9.24. The van der Waals surface area contributed by atoms with E-state index < -0.39 is 0 Å². The summed E-state index contributed by atoms with van der Waals surface area (Å²) in [4.78, 5) is 4.24. The molecule has 1 aliphatic rings. The summed E-state index contributed by atoms with van der Waals surface area (Å²) in [5.41, 5.74) is 3.10. The van der Waals surface area contributed by atoms with E-state index in [1.807, 2.05) is 6.07 Å². The molecule has 26 heavy (non-hydrogen) atoms. The molecule has 1 atom stereocenters. The molecule has 7 nitrogen and oxygen atoms in total. The Balaban J connectivity index is 1.55. The Morgan fingerprint density at radius 2 is 2.19 bits per heavy atom. The van der Waals surface area contributed by atoms with Crippen molar-refractivity contribution in [2.45, 2.75) is 26.4 Å². The van der Waals surface area contributed by atoms with Gasteiger partial charge in [0.15, 0.2) is 5.96 Å². The molecule has 0 radical (unpaired) electrons. The molecule has 1 aromatic carbocycles. The van der Waals surface area contributed by atoms with Crippen molar-refractivity contribution >= 4 is 5.96 Å². The van der Waals surface area contributed by atoms with Crippen LogP contribution in [-0.4, -0.2) is 38.0 Å². The molecule has 3 rings (SSSR count). The number of nitrogens with one attached hydrogen (secondary N) is 2. The Labute approximate surface area is 153 Å². The topological polar surface area (TPSA) is 80.9 Å². The van der Waals surface area contributed by atoms with E-state index in [1.54, 1.807) is 13.3 Å². The lowest BCUT2D eigenvalue weighted by atomic mass is 10.1. The number of hydrogen-bond donors (Lipinski definition) is 2. The lowest BCUT2D eigenvalue weighted by molar-refractivity contribution is 0.166. The zero-order chi connectivity index (χ0) is 18.2. The largest absolute Gasteiger partial charge is 0.493 e. The lowest BCUT2D eigenvalue weighted by Gasteiger charge is -2.16. The highest BCUT2D eigenvalue weighted by atomic mass is 16.5. The smallest absolute Gasteiger partial charge is 0.191 e. The van der Waals surface area contributed by atoms with Gasteiger partial charge in [0, 0.05) is 37.7 Å². The Kier molecular flexibility index (Phi) is 6.49. The average molecular weight is 358 g/mol. The minimum absolute atomic E-state index is 0.480. The number of nitrogens with zero attached hydrogens (tertiary/aromatic N) is 2. The molecule has 0 saturated carbocycles. The van der Waals surface area contributed by atoms with Crippen LogP contribution in [0.5, 0.6) is 5.75 Å². The highest BCUT2D eigenvalue weighted by Crippen LogP contribution is 2.22. The summed E-state index contributed by atoms with van der Waals surface area (Å²) in [5.74, 6) is 2.09. The lowest BCUT2D eigenvalue weighted by Crippen LogP contribution is -2.36. The number of aryl methyl sites for hydroxylation is 1. The number of aromatic nitrogens is 1. The van der Waals surface area contributed by atoms with Gasteiger partial charge in [-0.05, 0) is 25.0 Å². The van der Waals surface area contributed by atoms with Crippen molar-refractivity contribution in [2.24, 2.45) is 10.9 Å². The predicted octanol–water partition coefficient (Wildman–Crippen LogP) is 2.26. The van der Waals surface area contributed by atoms with E-state index in [-0.39, 0.29) is 0 Å². The van der Waals surface area contributed by atoms with E-state index in [0.717, 1.165) is 36.6 Å². The van der Waals surface area contributed by atoms with E-state index in [1.165, 1.54) is 5.56 Å². The molecule has 1 aliphatic heterocycles. The first kappa shape index (κ1) is 18.3. The number of aliphatic imine (C=N–C) groups is 1. The predicted molar refractivity (Wildman–Crippen MR) is 99.1 cm³/mol. The van der Waals surface area contributed by atoms with Gasteiger partial charge in [-0.2, -0.15) is 0 Å². The molecule has 140 valence electrons. The van der Waals surface area contributed by atoms with Gasteiger partial charge in [-0.25, -0.2) is 0 Å². The van der Waals surface area contributed by atoms with Crippen molar-refractivity contribution in [3.05, 3.63) is 47.3 Å². The van der Waals surface area contributed by atoms with Crippen molar-refractivity contribution in [3.8, 4) is 5.75 Å². The monoisotopic (exact) mass is 358 g/mol. The third-order valence-corrected chi connectivity index (χ3v) is 4.32. The molecule has 2 heterocycles. The van der Waals surface area contributed by atoms with Crippen LogP contribution in [0.15, 0.2) is 40.0 Å². The minimum atomic E-state index is 0.480. The SMILES string of the molecule is CN=C(NCc1ccon1)NCc1ccc(C)cc1OCC1CCOC1. The molecule has 0 aliphatic carbocycles. The minimum Gasteiger partial charge on any atom is -0.493 e. The number of benzene rings is 1. The molecular formula is C19H26N4O3. The summed E-state index contributed by atoms with van der Waals surface area (Å²) in [6.07, 6.45) is 2.62. The number of guanidine groups is 1. The zero-order valence-electron chi connectivity index (χ0n) is 15.3. The molecule has 0 bridgehead atoms. The van der Waals surface area contributed by atoms with Gasteiger partial charge in [0.2, 0.25) is 0 Å². The summed E-state index contributed by atoms with van der Waals surface area (Å²) < 4.78 is 16.3. The summed E-state index contributed by atoms with van der Waals surface area (Å²) in [7, 11) is 1.74. The molecule has 7 heteroatoms. The van der Waals surface area contributed by atoms with Crippen molar-refractivity contribution < 1.29 is 14.0 Å². The fourth-order valence-electron chi connectivity index (χ4n) is 2.77. The Morgan fingerprint density at radius 3 is 2.92 bits per heavy atom. The zero-order valence-corrected chi connectivity index (χ0v) is 15.3. The number of rotatable bonds is 7. The number of hydrogen-bond acceptors (Lipinski definition) is 5. The van der Waals surface area contributed by atoms with Gasteiger partial charge < -0.3 is 24.6 Å². The third-order valence-electron chi connectivity index (χ3n) is 4.32. The van der Waals surface area contributed by atoms with Gasteiger partial charge in [-0.3, -0.25) is 4.99 Å². The van der Waals surface area contributed by atoms with E-state index in [9.17, 15) is 0 Å². The van der Waals surface area contributed by atoms with Crippen molar-refractivity contribution in [2.75, 3.05) is 26.9 Å². The van der Waals surface area contributed by atoms with Gasteiger partial charge in [0.25, 0.3) is 0 Å². The first-order valence-electron chi connectivity index (χ1n) is 8.88. The van der Waals surface area contributed by atoms with Crippen LogP contribution in [0.2, 0.25) is 0 Å². The second-order valence-electron chi connectivity index (χ2n) is 6.42. The molecule has 1 unspecified atom stereocenters. The van der Waals surface area contributed by atoms with Crippen LogP contribution in [0.3, 0.4) is 0 Å². The van der Waals surface area contributed by atoms with Crippen LogP contribution >= 0.6 is 0 Å². The fourth-order valence-corrected chi connectivity index (χ4v) is 2.77. The summed E-state index contributed by atoms with van der Waals surface area (Å²) in [6.45, 7) is 5.56. The maximum absolute atomic E-state index is 6.08. The standard InChI is InChI=1S/C19H26N4O3/c1-14-3-4-16(18(9-14)25-13-15-5-7-24-12-15)10-21-19(20-2)22-11-17-6-8-26-23-17/h3-4,6,8-9,15H,5,7,10-13H2,1-2H3,(H2,20,21,22). The average Bonchev–Trinajstić information content (AvgIpc) is 3.35. The molecule has 1 fully saturated rings. The highest BCUT2D eigenvalue weighted by Gasteiger charge is 2.17. The summed E-state index contributed by atoms with van der Waals surface area (Å²) in [5, 5.41) is 10.4. The molecule has 2 N–H and O–H groups in total. The van der Waals surface area contributed by atoms with Gasteiger partial charge in [0.1, 0.15) is 17.7 Å². The fraction of sp³-hybridized carbons (Fsp3) is 0.474. The van der Waals surface area contributed by atoms with Crippen LogP contribution < -0.4 is 15.4 Å². The van der Waals surface area contributed by atoms with Crippen LogP contribution in [-0.2, 0) is 17.8 Å². The van der Waals surface area contributed by atoms with Gasteiger partial charge in [-0.15, -0.1) is 0 Å². The normalized spacial score (nSPS) is 17.3. The molecular weight excluding hydrogens is 332 g/mol. The van der Waals surface area contributed by atoms with Crippen LogP contribution in [0, 0.1) is 12.8 Å². The second-order valence-corrected chi connectivity index (χ2v) is 6.42. The Bertz CT molecular complexity index is 710. The van der Waals surface area contributed by atoms with E-state index in [0.29, 0.717) is 31.6 Å². The first-order chi connectivity index (χ1) is 12.7. The van der Waals surface area contributed by atoms with Crippen molar-refractivity contribution in [3.63, 3.8) is 0 Å². The van der Waals surface area contributed by atoms with Gasteiger partial charge in [0.05, 0.1) is 19.8 Å². The number of ether oxygens (including phenoxy) is 2. The quantitative estimate of drug-likeness (QED) is 0.584. The van der Waals surface area contributed by atoms with Crippen molar-refractivity contribution in [1.82, 2.24) is 15.8 Å². The van der Waals surface area contributed by atoms with E-state index in [4.69, 9.17) is 14.0 Å². The maximum Gasteiger partial charge on any atom is 0.191 e. The molecule has 0 spiro atoms. The maximum atomic E-state index is 6.08. The highest BCUT2D eigenvalue weighted by molar-refractivity contribution is 5.79. The van der Waals surface area contributed by atoms with Crippen LogP contribution in [0.4, 0.5) is 0 Å². The summed E-state index contributed by atoms with van der Waals surface area (Å²) >= 11 is 0. The Hall–Kier alpha value is -2.54. The Morgan fingerprint density at radius 1 is 1.31 bits per heavy atom. The van der Waals surface area contributed by atoms with Gasteiger partial charge >= 0.3 is 0 Å². The van der Waals surface area contributed by atoms with Crippen LogP contribution in [0.1, 0.15) is 23.2 Å². The van der Waals surface area contributed by atoms with Crippen LogP contribution in [0.25, 0.3) is 0 Å². The van der Waals surface area contributed by atoms with E-state index >= 15 is 0 Å². The van der Waals surface area contributed by atoms with E-state index in [2.05, 4.69) is 45.9 Å². The molecule has 1 aromatic heterocycles. The summed E-state index contributed by atoms with van der Waals surface area (Å²) in [6, 6.07) is 8.08. The van der Waals surface area contributed by atoms with Crippen molar-refractivity contribution in [1.29, 1.82) is 0 Å². The first-order valence-corrected chi connectivity index (χ1v) is 8.88. The molecule has 0 amide bonds. The van der Waals surface area contributed by atoms with Gasteiger partial charge in [-0.1, -0.05) is 17.3 Å². The molecule has 1 saturated heterocycles. The third kappa shape index (κ3) is 5.23. The molecule has 2 aromatic rings.